The number of benzene rings is 1. The van der Waals surface area contributed by atoms with Gasteiger partial charge >= 0.3 is 6.09 Å². The second kappa shape index (κ2) is 7.71. The highest BCUT2D eigenvalue weighted by Gasteiger charge is 2.42. The number of carbonyl (C=O) groups is 1. The minimum absolute atomic E-state index is 0.0112. The third-order valence-electron chi connectivity index (χ3n) is 4.30. The van der Waals surface area contributed by atoms with Crippen LogP contribution in [-0.2, 0) is 17.3 Å². The lowest BCUT2D eigenvalue weighted by Crippen LogP contribution is -2.50. The number of hydrogen-bond donors (Lipinski definition) is 1. The summed E-state index contributed by atoms with van der Waals surface area (Å²) in [7, 11) is 0. The van der Waals surface area contributed by atoms with Crippen LogP contribution in [0.3, 0.4) is 0 Å². The molecule has 1 aromatic rings. The van der Waals surface area contributed by atoms with Gasteiger partial charge in [-0.25, -0.2) is 18.0 Å². The highest BCUT2D eigenvalue weighted by molar-refractivity contribution is 7.91. The maximum atomic E-state index is 14.8. The zero-order valence-corrected chi connectivity index (χ0v) is 16.4. The second-order valence-electron chi connectivity index (χ2n) is 7.67. The number of rotatable bonds is 5. The molecule has 1 aliphatic heterocycles. The van der Waals surface area contributed by atoms with Crippen molar-refractivity contribution in [3.63, 3.8) is 0 Å². The molecule has 1 aliphatic rings. The van der Waals surface area contributed by atoms with E-state index >= 15 is 0 Å². The molecule has 0 radical (unpaired) electrons. The molecule has 150 valence electrons. The standard InChI is InChI=1S/C18H23F3N2O3S/c1-11(22-27(26)17(2,3)4)13-6-5-7-14(15(13)19)18(20,21)8-12-9-23(10-12)16(24)25/h5-7,12H,8-10H2,1-4H3,(H,24,25)/b22-11-/t27-/m0/s1. The van der Waals surface area contributed by atoms with Crippen molar-refractivity contribution in [3.8, 4) is 0 Å². The molecule has 5 nitrogen and oxygen atoms in total. The van der Waals surface area contributed by atoms with Crippen LogP contribution in [0.2, 0.25) is 0 Å². The summed E-state index contributed by atoms with van der Waals surface area (Å²) in [6.45, 7) is 6.58. The largest absolute Gasteiger partial charge is 0.591 e. The van der Waals surface area contributed by atoms with Crippen molar-refractivity contribution < 1.29 is 27.6 Å². The van der Waals surface area contributed by atoms with Gasteiger partial charge in [0, 0.05) is 31.0 Å². The molecular formula is C18H23F3N2O3S. The molecule has 0 spiro atoms. The monoisotopic (exact) mass is 404 g/mol. The molecule has 0 aliphatic carbocycles. The zero-order chi connectivity index (χ0) is 20.6. The summed E-state index contributed by atoms with van der Waals surface area (Å²) in [6, 6.07) is 3.65. The van der Waals surface area contributed by atoms with Crippen molar-refractivity contribution in [1.82, 2.24) is 4.90 Å². The highest BCUT2D eigenvalue weighted by Crippen LogP contribution is 2.39. The normalized spacial score (nSPS) is 17.6. The molecule has 1 fully saturated rings. The van der Waals surface area contributed by atoms with Crippen molar-refractivity contribution in [2.45, 2.75) is 44.8 Å². The van der Waals surface area contributed by atoms with Crippen LogP contribution < -0.4 is 0 Å². The van der Waals surface area contributed by atoms with Gasteiger partial charge in [0.15, 0.2) is 0 Å². The predicted octanol–water partition coefficient (Wildman–Crippen LogP) is 4.19. The molecule has 1 saturated heterocycles. The van der Waals surface area contributed by atoms with Gasteiger partial charge in [0.05, 0.1) is 11.3 Å². The lowest BCUT2D eigenvalue weighted by Gasteiger charge is -2.38. The first-order valence-corrected chi connectivity index (χ1v) is 9.56. The van der Waals surface area contributed by atoms with Gasteiger partial charge in [-0.05, 0) is 27.7 Å². The van der Waals surface area contributed by atoms with Gasteiger partial charge in [0.1, 0.15) is 21.9 Å². The number of amides is 1. The van der Waals surface area contributed by atoms with E-state index in [-0.39, 0.29) is 24.4 Å². The average Bonchev–Trinajstić information content (AvgIpc) is 2.49. The fourth-order valence-electron chi connectivity index (χ4n) is 2.73. The van der Waals surface area contributed by atoms with Gasteiger partial charge in [0.2, 0.25) is 0 Å². The Balaban J connectivity index is 2.23. The molecule has 27 heavy (non-hydrogen) atoms. The number of carboxylic acid groups (broad SMARTS) is 1. The Morgan fingerprint density at radius 2 is 1.96 bits per heavy atom. The molecule has 1 amide bonds. The minimum atomic E-state index is -3.45. The molecule has 1 atom stereocenters. The van der Waals surface area contributed by atoms with Crippen LogP contribution in [-0.4, -0.2) is 44.2 Å². The van der Waals surface area contributed by atoms with Crippen LogP contribution in [0.1, 0.15) is 45.2 Å². The van der Waals surface area contributed by atoms with E-state index in [1.54, 1.807) is 20.8 Å². The van der Waals surface area contributed by atoms with E-state index in [9.17, 15) is 22.5 Å². The summed E-state index contributed by atoms with van der Waals surface area (Å²) < 4.78 is 59.4. The number of halogens is 3. The van der Waals surface area contributed by atoms with Gasteiger partial charge in [0.25, 0.3) is 5.92 Å². The van der Waals surface area contributed by atoms with Gasteiger partial charge in [-0.2, -0.15) is 0 Å². The van der Waals surface area contributed by atoms with E-state index in [0.29, 0.717) is 0 Å². The van der Waals surface area contributed by atoms with Crippen LogP contribution >= 0.6 is 0 Å². The summed E-state index contributed by atoms with van der Waals surface area (Å²) >= 11 is -1.64. The van der Waals surface area contributed by atoms with Crippen LogP contribution in [0.5, 0.6) is 0 Å². The number of alkyl halides is 2. The van der Waals surface area contributed by atoms with E-state index < -0.39 is 51.8 Å². The predicted molar refractivity (Wildman–Crippen MR) is 98.1 cm³/mol. The third-order valence-corrected chi connectivity index (χ3v) is 5.79. The number of hydrogen-bond acceptors (Lipinski definition) is 3. The molecule has 0 bridgehead atoms. The second-order valence-corrected chi connectivity index (χ2v) is 9.57. The van der Waals surface area contributed by atoms with Crippen molar-refractivity contribution in [2.24, 2.45) is 10.3 Å². The quantitative estimate of drug-likeness (QED) is 0.591. The highest BCUT2D eigenvalue weighted by atomic mass is 32.2. The van der Waals surface area contributed by atoms with E-state index in [1.807, 2.05) is 0 Å². The van der Waals surface area contributed by atoms with Crippen LogP contribution in [0.4, 0.5) is 18.0 Å². The van der Waals surface area contributed by atoms with E-state index in [1.165, 1.54) is 19.1 Å². The molecule has 1 aromatic carbocycles. The number of likely N-dealkylation sites (tertiary alicyclic amines) is 1. The van der Waals surface area contributed by atoms with Gasteiger partial charge in [-0.15, -0.1) is 0 Å². The summed E-state index contributed by atoms with van der Waals surface area (Å²) in [5, 5.41) is 8.78. The Bertz CT molecular complexity index is 744. The molecule has 9 heteroatoms. The van der Waals surface area contributed by atoms with Crippen LogP contribution in [0.25, 0.3) is 0 Å². The van der Waals surface area contributed by atoms with Crippen molar-refractivity contribution in [1.29, 1.82) is 0 Å². The first kappa shape index (κ1) is 21.6. The smallest absolute Gasteiger partial charge is 0.407 e. The van der Waals surface area contributed by atoms with E-state index in [4.69, 9.17) is 5.11 Å². The molecule has 0 unspecified atom stereocenters. The Hall–Kier alpha value is -1.74. The fraction of sp³-hybridized carbons (Fsp3) is 0.556. The summed E-state index contributed by atoms with van der Waals surface area (Å²) in [5.41, 5.74) is -0.797. The Morgan fingerprint density at radius 1 is 1.37 bits per heavy atom. The topological polar surface area (TPSA) is 76.0 Å². The Kier molecular flexibility index (Phi) is 6.16. The lowest BCUT2D eigenvalue weighted by atomic mass is 9.89. The SMILES string of the molecule is C/C(=N/[S@@+]([O-])C(C)(C)C)c1cccc(C(F)(F)CC2CN(C(=O)O)C2)c1F. The summed E-state index contributed by atoms with van der Waals surface area (Å²) in [4.78, 5) is 11.8. The van der Waals surface area contributed by atoms with Gasteiger partial charge in [-0.3, -0.25) is 0 Å². The Morgan fingerprint density at radius 3 is 2.48 bits per heavy atom. The first-order chi connectivity index (χ1) is 12.3. The molecule has 0 aromatic heterocycles. The summed E-state index contributed by atoms with van der Waals surface area (Å²) in [5.74, 6) is -5.06. The molecule has 1 heterocycles. The molecule has 0 saturated carbocycles. The van der Waals surface area contributed by atoms with E-state index in [2.05, 4.69) is 4.40 Å². The van der Waals surface area contributed by atoms with Crippen LogP contribution in [0.15, 0.2) is 22.6 Å². The van der Waals surface area contributed by atoms with Gasteiger partial charge < -0.3 is 14.6 Å². The fourth-order valence-corrected chi connectivity index (χ4v) is 3.35. The first-order valence-electron chi connectivity index (χ1n) is 8.45. The molecule has 2 rings (SSSR count). The van der Waals surface area contributed by atoms with Crippen LogP contribution in [0, 0.1) is 11.7 Å². The summed E-state index contributed by atoms with van der Waals surface area (Å²) in [6.07, 6.45) is -1.79. The molecular weight excluding hydrogens is 381 g/mol. The van der Waals surface area contributed by atoms with Crippen molar-refractivity contribution in [2.75, 3.05) is 13.1 Å². The average molecular weight is 404 g/mol. The Labute approximate surface area is 159 Å². The maximum Gasteiger partial charge on any atom is 0.407 e. The van der Waals surface area contributed by atoms with Crippen molar-refractivity contribution >= 4 is 23.2 Å². The minimum Gasteiger partial charge on any atom is -0.591 e. The third kappa shape index (κ3) is 4.95. The lowest BCUT2D eigenvalue weighted by molar-refractivity contribution is -0.0552. The maximum absolute atomic E-state index is 14.8. The molecule has 1 N–H and O–H groups in total. The zero-order valence-electron chi connectivity index (χ0n) is 15.6. The van der Waals surface area contributed by atoms with E-state index in [0.717, 1.165) is 11.0 Å². The number of nitrogens with zero attached hydrogens (tertiary/aromatic N) is 2. The van der Waals surface area contributed by atoms with Crippen molar-refractivity contribution in [3.05, 3.63) is 35.1 Å². The van der Waals surface area contributed by atoms with Gasteiger partial charge in [-0.1, -0.05) is 22.6 Å².